The predicted octanol–water partition coefficient (Wildman–Crippen LogP) is 2.61. The van der Waals surface area contributed by atoms with Crippen LogP contribution >= 0.6 is 0 Å². The molecule has 4 nitrogen and oxygen atoms in total. The van der Waals surface area contributed by atoms with Gasteiger partial charge in [-0.3, -0.25) is 9.59 Å². The SMILES string of the molecule is Cc1ccc(F)cc1C(=O)NCC(CC(C)C)C(=O)O. The molecule has 0 aliphatic heterocycles. The van der Waals surface area contributed by atoms with Gasteiger partial charge < -0.3 is 10.4 Å². The third-order valence-electron chi connectivity index (χ3n) is 3.06. The zero-order valence-corrected chi connectivity index (χ0v) is 11.9. The zero-order valence-electron chi connectivity index (χ0n) is 11.9. The van der Waals surface area contributed by atoms with Crippen molar-refractivity contribution >= 4 is 11.9 Å². The van der Waals surface area contributed by atoms with Crippen LogP contribution in [0.25, 0.3) is 0 Å². The number of hydrogen-bond acceptors (Lipinski definition) is 2. The number of carboxylic acids is 1. The Labute approximate surface area is 118 Å². The Morgan fingerprint density at radius 3 is 2.55 bits per heavy atom. The lowest BCUT2D eigenvalue weighted by atomic mass is 9.97. The number of benzene rings is 1. The van der Waals surface area contributed by atoms with Crippen LogP contribution in [0.3, 0.4) is 0 Å². The number of hydrogen-bond donors (Lipinski definition) is 2. The summed E-state index contributed by atoms with van der Waals surface area (Å²) in [5.41, 5.74) is 0.887. The highest BCUT2D eigenvalue weighted by Gasteiger charge is 2.20. The maximum Gasteiger partial charge on any atom is 0.308 e. The molecule has 0 fully saturated rings. The lowest BCUT2D eigenvalue weighted by Crippen LogP contribution is -2.34. The summed E-state index contributed by atoms with van der Waals surface area (Å²) in [4.78, 5) is 23.1. The van der Waals surface area contributed by atoms with Crippen LogP contribution in [0, 0.1) is 24.6 Å². The fraction of sp³-hybridized carbons (Fsp3) is 0.467. The largest absolute Gasteiger partial charge is 0.481 e. The Hall–Kier alpha value is -1.91. The van der Waals surface area contributed by atoms with E-state index in [0.717, 1.165) is 6.07 Å². The maximum absolute atomic E-state index is 13.1. The number of rotatable bonds is 6. The molecule has 2 N–H and O–H groups in total. The Balaban J connectivity index is 2.70. The molecule has 0 saturated heterocycles. The van der Waals surface area contributed by atoms with Crippen LogP contribution in [-0.4, -0.2) is 23.5 Å². The monoisotopic (exact) mass is 281 g/mol. The van der Waals surface area contributed by atoms with E-state index < -0.39 is 23.6 Å². The lowest BCUT2D eigenvalue weighted by Gasteiger charge is -2.16. The molecule has 0 saturated carbocycles. The van der Waals surface area contributed by atoms with Gasteiger partial charge in [-0.1, -0.05) is 19.9 Å². The topological polar surface area (TPSA) is 66.4 Å². The summed E-state index contributed by atoms with van der Waals surface area (Å²) in [5, 5.41) is 11.7. The lowest BCUT2D eigenvalue weighted by molar-refractivity contribution is -0.142. The summed E-state index contributed by atoms with van der Waals surface area (Å²) in [7, 11) is 0. The molecule has 1 atom stereocenters. The van der Waals surface area contributed by atoms with Crippen LogP contribution in [0.4, 0.5) is 4.39 Å². The number of amides is 1. The van der Waals surface area contributed by atoms with Crippen molar-refractivity contribution < 1.29 is 19.1 Å². The van der Waals surface area contributed by atoms with Gasteiger partial charge in [-0.2, -0.15) is 0 Å². The van der Waals surface area contributed by atoms with Crippen LogP contribution in [0.15, 0.2) is 18.2 Å². The second kappa shape index (κ2) is 7.03. The van der Waals surface area contributed by atoms with Gasteiger partial charge in [0.05, 0.1) is 5.92 Å². The maximum atomic E-state index is 13.1. The first-order valence-electron chi connectivity index (χ1n) is 6.58. The molecule has 1 amide bonds. The number of carbonyl (C=O) groups is 2. The van der Waals surface area contributed by atoms with E-state index in [2.05, 4.69) is 5.32 Å². The molecule has 0 bridgehead atoms. The summed E-state index contributed by atoms with van der Waals surface area (Å²) in [6.45, 7) is 5.60. The molecule has 0 aliphatic carbocycles. The smallest absolute Gasteiger partial charge is 0.308 e. The van der Waals surface area contributed by atoms with E-state index in [9.17, 15) is 14.0 Å². The first-order chi connectivity index (χ1) is 9.31. The van der Waals surface area contributed by atoms with E-state index in [0.29, 0.717) is 12.0 Å². The first-order valence-corrected chi connectivity index (χ1v) is 6.58. The number of aryl methyl sites for hydroxylation is 1. The number of nitrogens with one attached hydrogen (secondary N) is 1. The van der Waals surface area contributed by atoms with Crippen molar-refractivity contribution in [3.63, 3.8) is 0 Å². The van der Waals surface area contributed by atoms with Gasteiger partial charge in [-0.15, -0.1) is 0 Å². The van der Waals surface area contributed by atoms with Gasteiger partial charge in [0, 0.05) is 12.1 Å². The molecular weight excluding hydrogens is 261 g/mol. The Morgan fingerprint density at radius 2 is 2.00 bits per heavy atom. The molecule has 20 heavy (non-hydrogen) atoms. The normalized spacial score (nSPS) is 12.2. The molecule has 5 heteroatoms. The highest BCUT2D eigenvalue weighted by molar-refractivity contribution is 5.95. The summed E-state index contributed by atoms with van der Waals surface area (Å²) in [6.07, 6.45) is 0.484. The highest BCUT2D eigenvalue weighted by Crippen LogP contribution is 2.13. The zero-order chi connectivity index (χ0) is 15.3. The van der Waals surface area contributed by atoms with Crippen LogP contribution in [0.5, 0.6) is 0 Å². The minimum absolute atomic E-state index is 0.0439. The second-order valence-electron chi connectivity index (χ2n) is 5.33. The van der Waals surface area contributed by atoms with Crippen molar-refractivity contribution in [2.45, 2.75) is 27.2 Å². The molecular formula is C15H20FNO3. The molecule has 110 valence electrons. The minimum Gasteiger partial charge on any atom is -0.481 e. The average molecular weight is 281 g/mol. The van der Waals surface area contributed by atoms with Crippen molar-refractivity contribution in [2.75, 3.05) is 6.54 Å². The molecule has 1 unspecified atom stereocenters. The van der Waals surface area contributed by atoms with E-state index in [4.69, 9.17) is 5.11 Å². The molecule has 0 radical (unpaired) electrons. The van der Waals surface area contributed by atoms with Crippen molar-refractivity contribution in [2.24, 2.45) is 11.8 Å². The van der Waals surface area contributed by atoms with Crippen molar-refractivity contribution in [3.05, 3.63) is 35.1 Å². The molecule has 0 aliphatic rings. The molecule has 1 rings (SSSR count). The minimum atomic E-state index is -0.935. The van der Waals surface area contributed by atoms with E-state index in [-0.39, 0.29) is 18.0 Å². The van der Waals surface area contributed by atoms with Gasteiger partial charge in [-0.25, -0.2) is 4.39 Å². The number of carbonyl (C=O) groups excluding carboxylic acids is 1. The van der Waals surface area contributed by atoms with E-state index in [1.807, 2.05) is 13.8 Å². The van der Waals surface area contributed by atoms with Crippen LogP contribution in [0.1, 0.15) is 36.2 Å². The van der Waals surface area contributed by atoms with Gasteiger partial charge >= 0.3 is 5.97 Å². The number of carboxylic acid groups (broad SMARTS) is 1. The third kappa shape index (κ3) is 4.64. The fourth-order valence-electron chi connectivity index (χ4n) is 1.99. The Morgan fingerprint density at radius 1 is 1.35 bits per heavy atom. The molecule has 1 aromatic carbocycles. The fourth-order valence-corrected chi connectivity index (χ4v) is 1.99. The molecule has 1 aromatic rings. The predicted molar refractivity (Wildman–Crippen MR) is 74.1 cm³/mol. The average Bonchev–Trinajstić information content (AvgIpc) is 2.36. The van der Waals surface area contributed by atoms with Gasteiger partial charge in [0.25, 0.3) is 5.91 Å². The summed E-state index contributed by atoms with van der Waals surface area (Å²) >= 11 is 0. The van der Waals surface area contributed by atoms with E-state index in [1.165, 1.54) is 12.1 Å². The molecule has 0 spiro atoms. The summed E-state index contributed by atoms with van der Waals surface area (Å²) in [5.74, 6) is -2.28. The summed E-state index contributed by atoms with van der Waals surface area (Å²) in [6, 6.07) is 3.96. The van der Waals surface area contributed by atoms with Gasteiger partial charge in [0.2, 0.25) is 0 Å². The standard InChI is InChI=1S/C15H20FNO3/c1-9(2)6-11(15(19)20)8-17-14(18)13-7-12(16)5-4-10(13)3/h4-5,7,9,11H,6,8H2,1-3H3,(H,17,18)(H,19,20). The van der Waals surface area contributed by atoms with Crippen LogP contribution in [0.2, 0.25) is 0 Å². The number of halogens is 1. The van der Waals surface area contributed by atoms with Crippen LogP contribution < -0.4 is 5.32 Å². The molecule has 0 aromatic heterocycles. The first kappa shape index (κ1) is 16.1. The number of aliphatic carboxylic acids is 1. The van der Waals surface area contributed by atoms with Crippen molar-refractivity contribution in [1.82, 2.24) is 5.32 Å². The molecule has 0 heterocycles. The van der Waals surface area contributed by atoms with Crippen molar-refractivity contribution in [1.29, 1.82) is 0 Å². The highest BCUT2D eigenvalue weighted by atomic mass is 19.1. The second-order valence-corrected chi connectivity index (χ2v) is 5.33. The summed E-state index contributed by atoms with van der Waals surface area (Å²) < 4.78 is 13.1. The van der Waals surface area contributed by atoms with E-state index in [1.54, 1.807) is 6.92 Å². The Bertz CT molecular complexity index is 500. The Kier molecular flexibility index (Phi) is 5.67. The van der Waals surface area contributed by atoms with E-state index >= 15 is 0 Å². The third-order valence-corrected chi connectivity index (χ3v) is 3.06. The quantitative estimate of drug-likeness (QED) is 0.842. The van der Waals surface area contributed by atoms with Crippen molar-refractivity contribution in [3.8, 4) is 0 Å². The van der Waals surface area contributed by atoms with Crippen LogP contribution in [-0.2, 0) is 4.79 Å². The van der Waals surface area contributed by atoms with Gasteiger partial charge in [0.15, 0.2) is 0 Å². The van der Waals surface area contributed by atoms with Gasteiger partial charge in [0.1, 0.15) is 5.82 Å². The van der Waals surface area contributed by atoms with Gasteiger partial charge in [-0.05, 0) is 37.0 Å².